The minimum atomic E-state index is -0.819. The van der Waals surface area contributed by atoms with Gasteiger partial charge in [0, 0.05) is 11.8 Å². The topological polar surface area (TPSA) is 24.4 Å². The Kier molecular flexibility index (Phi) is 3.99. The van der Waals surface area contributed by atoms with E-state index >= 15 is 0 Å². The van der Waals surface area contributed by atoms with Crippen molar-refractivity contribution >= 4 is 16.9 Å². The number of thioether (sulfide) groups is 1. The Balaban J connectivity index is 1.98. The molecule has 1 saturated heterocycles. The maximum absolute atomic E-state index is 13.0. The molecule has 0 spiro atoms. The molecule has 1 aliphatic rings. The molecule has 0 aliphatic carbocycles. The molecule has 0 amide bonds. The van der Waals surface area contributed by atoms with Crippen LogP contribution in [-0.4, -0.2) is 17.0 Å². The van der Waals surface area contributed by atoms with E-state index in [2.05, 4.69) is 17.2 Å². The second kappa shape index (κ2) is 5.49. The summed E-state index contributed by atoms with van der Waals surface area (Å²) in [5, 5.41) is 4.17. The van der Waals surface area contributed by atoms with Crippen molar-refractivity contribution in [1.82, 2.24) is 5.32 Å². The Bertz CT molecular complexity index is 435. The number of hydrogen-bond donors (Lipinski definition) is 1. The number of benzene rings is 1. The predicted octanol–water partition coefficient (Wildman–Crippen LogP) is 2.94. The molecule has 1 aromatic rings. The number of hydrogen-bond acceptors (Lipinski definition) is 2. The zero-order valence-corrected chi connectivity index (χ0v) is 10.4. The normalized spacial score (nSPS) is 21.8. The highest BCUT2D eigenvalue weighted by atomic mass is 32.2. The van der Waals surface area contributed by atoms with Crippen LogP contribution in [0.25, 0.3) is 0 Å². The minimum absolute atomic E-state index is 0.378. The third-order valence-corrected chi connectivity index (χ3v) is 3.72. The lowest BCUT2D eigenvalue weighted by Crippen LogP contribution is -2.25. The number of nitrogens with one attached hydrogen (secondary N) is 1. The molecular weight excluding hydrogens is 242 g/mol. The van der Waals surface area contributed by atoms with E-state index in [1.807, 2.05) is 0 Å². The predicted molar refractivity (Wildman–Crippen MR) is 67.2 cm³/mol. The molecule has 0 aromatic heterocycles. The Morgan fingerprint density at radius 2 is 2.24 bits per heavy atom. The molecule has 92 valence electrons. The fourth-order valence-corrected chi connectivity index (χ4v) is 2.63. The van der Waals surface area contributed by atoms with Crippen molar-refractivity contribution in [3.8, 4) is 0 Å². The molecule has 1 N–H and O–H groups in total. The molecular formula is C12H14F2N2S. The van der Waals surface area contributed by atoms with Gasteiger partial charge in [-0.1, -0.05) is 24.8 Å². The van der Waals surface area contributed by atoms with Crippen molar-refractivity contribution in [2.45, 2.75) is 25.9 Å². The lowest BCUT2D eigenvalue weighted by molar-refractivity contribution is 0.507. The van der Waals surface area contributed by atoms with Crippen LogP contribution in [0, 0.1) is 11.6 Å². The van der Waals surface area contributed by atoms with E-state index in [4.69, 9.17) is 0 Å². The molecule has 5 heteroatoms. The zero-order chi connectivity index (χ0) is 12.3. The van der Waals surface area contributed by atoms with Crippen molar-refractivity contribution in [2.24, 2.45) is 4.99 Å². The zero-order valence-electron chi connectivity index (χ0n) is 9.54. The molecule has 2 nitrogen and oxygen atoms in total. The average molecular weight is 256 g/mol. The third kappa shape index (κ3) is 3.19. The molecule has 17 heavy (non-hydrogen) atoms. The van der Waals surface area contributed by atoms with Crippen LogP contribution in [0.5, 0.6) is 0 Å². The first-order valence-corrected chi connectivity index (χ1v) is 6.55. The van der Waals surface area contributed by atoms with E-state index < -0.39 is 11.6 Å². The Labute approximate surface area is 104 Å². The maximum atomic E-state index is 13.0. The smallest absolute Gasteiger partial charge is 0.159 e. The molecule has 1 aliphatic heterocycles. The van der Waals surface area contributed by atoms with Crippen LogP contribution in [0.2, 0.25) is 0 Å². The Morgan fingerprint density at radius 1 is 1.41 bits per heavy atom. The summed E-state index contributed by atoms with van der Waals surface area (Å²) in [4.78, 5) is 4.34. The van der Waals surface area contributed by atoms with E-state index in [1.54, 1.807) is 17.8 Å². The van der Waals surface area contributed by atoms with Gasteiger partial charge in [0.25, 0.3) is 0 Å². The van der Waals surface area contributed by atoms with Gasteiger partial charge in [-0.3, -0.25) is 4.99 Å². The van der Waals surface area contributed by atoms with Crippen molar-refractivity contribution in [1.29, 1.82) is 0 Å². The number of amidine groups is 1. The summed E-state index contributed by atoms with van der Waals surface area (Å²) in [7, 11) is 0. The fraction of sp³-hybridized carbons (Fsp3) is 0.417. The second-order valence-electron chi connectivity index (χ2n) is 3.93. The van der Waals surface area contributed by atoms with Crippen molar-refractivity contribution in [2.75, 3.05) is 5.75 Å². The summed E-state index contributed by atoms with van der Waals surface area (Å²) in [5.41, 5.74) is 0.679. The number of rotatable bonds is 3. The summed E-state index contributed by atoms with van der Waals surface area (Å²) in [6, 6.07) is 4.36. The van der Waals surface area contributed by atoms with Gasteiger partial charge >= 0.3 is 0 Å². The number of halogens is 2. The minimum Gasteiger partial charge on any atom is -0.361 e. The van der Waals surface area contributed by atoms with Gasteiger partial charge in [-0.05, 0) is 24.1 Å². The van der Waals surface area contributed by atoms with E-state index in [-0.39, 0.29) is 0 Å². The standard InChI is InChI=1S/C12H14F2N2S/c1-2-9-7-17-12(16-9)15-6-8-3-4-10(13)11(14)5-8/h3-5,9H,2,6-7H2,1H3,(H,15,16). The van der Waals surface area contributed by atoms with Crippen LogP contribution in [0.3, 0.4) is 0 Å². The van der Waals surface area contributed by atoms with Gasteiger partial charge in [-0.2, -0.15) is 0 Å². The average Bonchev–Trinajstić information content (AvgIpc) is 2.79. The fourth-order valence-electron chi connectivity index (χ4n) is 1.55. The van der Waals surface area contributed by atoms with Crippen LogP contribution in [0.15, 0.2) is 23.2 Å². The van der Waals surface area contributed by atoms with Gasteiger partial charge in [-0.15, -0.1) is 0 Å². The molecule has 1 unspecified atom stereocenters. The molecule has 1 heterocycles. The quantitative estimate of drug-likeness (QED) is 0.899. The number of aliphatic imine (C=N–C) groups is 1. The lowest BCUT2D eigenvalue weighted by atomic mass is 10.2. The second-order valence-corrected chi connectivity index (χ2v) is 4.94. The molecule has 1 atom stereocenters. The monoisotopic (exact) mass is 256 g/mol. The van der Waals surface area contributed by atoms with E-state index in [9.17, 15) is 8.78 Å². The van der Waals surface area contributed by atoms with E-state index in [1.165, 1.54) is 6.07 Å². The van der Waals surface area contributed by atoms with Crippen molar-refractivity contribution in [3.63, 3.8) is 0 Å². The van der Waals surface area contributed by atoms with Gasteiger partial charge < -0.3 is 5.32 Å². The Morgan fingerprint density at radius 3 is 2.88 bits per heavy atom. The number of nitrogens with zero attached hydrogens (tertiary/aromatic N) is 1. The van der Waals surface area contributed by atoms with Gasteiger partial charge in [0.2, 0.25) is 0 Å². The third-order valence-electron chi connectivity index (χ3n) is 2.63. The largest absolute Gasteiger partial charge is 0.361 e. The lowest BCUT2D eigenvalue weighted by Gasteiger charge is -2.04. The van der Waals surface area contributed by atoms with Crippen molar-refractivity contribution < 1.29 is 8.78 Å². The van der Waals surface area contributed by atoms with Crippen LogP contribution >= 0.6 is 11.8 Å². The van der Waals surface area contributed by atoms with Gasteiger partial charge in [0.15, 0.2) is 16.8 Å². The van der Waals surface area contributed by atoms with E-state index in [0.717, 1.165) is 23.4 Å². The van der Waals surface area contributed by atoms with Gasteiger partial charge in [0.1, 0.15) is 0 Å². The van der Waals surface area contributed by atoms with Crippen LogP contribution in [-0.2, 0) is 6.54 Å². The maximum Gasteiger partial charge on any atom is 0.159 e. The first-order chi connectivity index (χ1) is 8.19. The first-order valence-electron chi connectivity index (χ1n) is 5.56. The molecule has 0 saturated carbocycles. The molecule has 2 rings (SSSR count). The van der Waals surface area contributed by atoms with Crippen LogP contribution in [0.1, 0.15) is 18.9 Å². The van der Waals surface area contributed by atoms with Crippen molar-refractivity contribution in [3.05, 3.63) is 35.4 Å². The Hall–Kier alpha value is -1.10. The highest BCUT2D eigenvalue weighted by Crippen LogP contribution is 2.17. The van der Waals surface area contributed by atoms with Gasteiger partial charge in [0.05, 0.1) is 6.54 Å². The van der Waals surface area contributed by atoms with Crippen LogP contribution in [0.4, 0.5) is 8.78 Å². The summed E-state index contributed by atoms with van der Waals surface area (Å²) in [5.74, 6) is -0.616. The molecule has 0 radical (unpaired) electrons. The van der Waals surface area contributed by atoms with Gasteiger partial charge in [-0.25, -0.2) is 8.78 Å². The first kappa shape index (κ1) is 12.4. The summed E-state index contributed by atoms with van der Waals surface area (Å²) in [6.45, 7) is 2.50. The molecule has 1 aromatic carbocycles. The summed E-state index contributed by atoms with van der Waals surface area (Å²) in [6.07, 6.45) is 1.07. The molecule has 0 bridgehead atoms. The highest BCUT2D eigenvalue weighted by molar-refractivity contribution is 8.14. The van der Waals surface area contributed by atoms with E-state index in [0.29, 0.717) is 18.2 Å². The summed E-state index contributed by atoms with van der Waals surface area (Å²) >= 11 is 1.67. The summed E-state index contributed by atoms with van der Waals surface area (Å²) < 4.78 is 25.7. The van der Waals surface area contributed by atoms with Crippen LogP contribution < -0.4 is 5.32 Å². The SMILES string of the molecule is CCC1CSC(=NCc2ccc(F)c(F)c2)N1. The molecule has 1 fully saturated rings. The highest BCUT2D eigenvalue weighted by Gasteiger charge is 2.17.